The molecule has 0 radical (unpaired) electrons. The Morgan fingerprint density at radius 2 is 1.67 bits per heavy atom. The molecule has 1 N–H and O–H groups in total. The smallest absolute Gasteiger partial charge is 0.256 e. The van der Waals surface area contributed by atoms with Crippen molar-refractivity contribution < 1.29 is 9.59 Å². The average Bonchev–Trinajstić information content (AvgIpc) is 2.61. The van der Waals surface area contributed by atoms with Crippen molar-refractivity contribution in [2.75, 3.05) is 19.4 Å². The van der Waals surface area contributed by atoms with Gasteiger partial charge in [0, 0.05) is 30.6 Å². The molecule has 0 unspecified atom stereocenters. The predicted octanol–water partition coefficient (Wildman–Crippen LogP) is 3.19. The fraction of sp³-hybridized carbons (Fsp3) is 0.105. The molecule has 0 spiro atoms. The third-order valence-electron chi connectivity index (χ3n) is 3.62. The largest absolute Gasteiger partial charge is 0.345 e. The fourth-order valence-electron chi connectivity index (χ4n) is 2.38. The summed E-state index contributed by atoms with van der Waals surface area (Å²) in [5.74, 6) is 0.0303. The molecule has 5 heteroatoms. The molecule has 1 aromatic heterocycles. The fourth-order valence-corrected chi connectivity index (χ4v) is 2.38. The number of para-hydroxylation sites is 1. The average molecular weight is 319 g/mol. The van der Waals surface area contributed by atoms with Crippen LogP contribution in [-0.2, 0) is 0 Å². The van der Waals surface area contributed by atoms with Gasteiger partial charge in [0.2, 0.25) is 0 Å². The van der Waals surface area contributed by atoms with Crippen molar-refractivity contribution in [1.29, 1.82) is 0 Å². The topological polar surface area (TPSA) is 62.3 Å². The Morgan fingerprint density at radius 1 is 0.917 bits per heavy atom. The summed E-state index contributed by atoms with van der Waals surface area (Å²) in [6.07, 6.45) is 0. The molecule has 0 aliphatic carbocycles. The van der Waals surface area contributed by atoms with Crippen LogP contribution in [0.15, 0.2) is 60.7 Å². The van der Waals surface area contributed by atoms with E-state index in [2.05, 4.69) is 10.3 Å². The van der Waals surface area contributed by atoms with Gasteiger partial charge in [-0.2, -0.15) is 0 Å². The first-order chi connectivity index (χ1) is 11.5. The number of hydrogen-bond acceptors (Lipinski definition) is 3. The van der Waals surface area contributed by atoms with Crippen molar-refractivity contribution in [3.05, 3.63) is 71.8 Å². The van der Waals surface area contributed by atoms with Gasteiger partial charge in [0.1, 0.15) is 5.82 Å². The second kappa shape index (κ2) is 6.50. The molecule has 2 amide bonds. The van der Waals surface area contributed by atoms with E-state index >= 15 is 0 Å². The third-order valence-corrected chi connectivity index (χ3v) is 3.62. The van der Waals surface area contributed by atoms with Gasteiger partial charge >= 0.3 is 0 Å². The van der Waals surface area contributed by atoms with Crippen molar-refractivity contribution in [1.82, 2.24) is 9.88 Å². The first kappa shape index (κ1) is 15.7. The summed E-state index contributed by atoms with van der Waals surface area (Å²) in [5.41, 5.74) is 1.70. The van der Waals surface area contributed by atoms with Gasteiger partial charge in [0.15, 0.2) is 0 Å². The number of fused-ring (bicyclic) bond motifs is 1. The predicted molar refractivity (Wildman–Crippen MR) is 94.2 cm³/mol. The second-order valence-electron chi connectivity index (χ2n) is 5.62. The molecule has 0 aliphatic rings. The highest BCUT2D eigenvalue weighted by Crippen LogP contribution is 2.16. The molecular formula is C19H17N3O2. The summed E-state index contributed by atoms with van der Waals surface area (Å²) >= 11 is 0. The van der Waals surface area contributed by atoms with E-state index < -0.39 is 0 Å². The Morgan fingerprint density at radius 3 is 2.46 bits per heavy atom. The summed E-state index contributed by atoms with van der Waals surface area (Å²) in [4.78, 5) is 30.3. The number of hydrogen-bond donors (Lipinski definition) is 1. The van der Waals surface area contributed by atoms with Crippen LogP contribution in [0.3, 0.4) is 0 Å². The van der Waals surface area contributed by atoms with Gasteiger partial charge in [0.05, 0.1) is 5.52 Å². The number of carbonyl (C=O) groups is 2. The quantitative estimate of drug-likeness (QED) is 0.806. The lowest BCUT2D eigenvalue weighted by atomic mass is 10.1. The molecule has 3 rings (SSSR count). The number of benzene rings is 2. The van der Waals surface area contributed by atoms with Crippen LogP contribution in [0.5, 0.6) is 0 Å². The Bertz CT molecular complexity index is 919. The molecule has 2 aromatic carbocycles. The maximum absolute atomic E-state index is 12.4. The molecule has 0 atom stereocenters. The SMILES string of the molecule is CN(C)C(=O)c1cccc(C(=O)Nc2ccc3ccccc3n2)c1. The van der Waals surface area contributed by atoms with Crippen LogP contribution in [0.25, 0.3) is 10.9 Å². The van der Waals surface area contributed by atoms with Crippen LogP contribution in [0.2, 0.25) is 0 Å². The summed E-state index contributed by atoms with van der Waals surface area (Å²) in [7, 11) is 3.35. The van der Waals surface area contributed by atoms with Gasteiger partial charge in [-0.3, -0.25) is 9.59 Å². The highest BCUT2D eigenvalue weighted by Gasteiger charge is 2.12. The van der Waals surface area contributed by atoms with E-state index in [4.69, 9.17) is 0 Å². The van der Waals surface area contributed by atoms with E-state index in [0.29, 0.717) is 16.9 Å². The maximum atomic E-state index is 12.4. The summed E-state index contributed by atoms with van der Waals surface area (Å²) in [6.45, 7) is 0. The van der Waals surface area contributed by atoms with Crippen LogP contribution >= 0.6 is 0 Å². The van der Waals surface area contributed by atoms with E-state index in [1.165, 1.54) is 4.90 Å². The molecule has 24 heavy (non-hydrogen) atoms. The maximum Gasteiger partial charge on any atom is 0.256 e. The molecular weight excluding hydrogens is 302 g/mol. The highest BCUT2D eigenvalue weighted by molar-refractivity contribution is 6.06. The van der Waals surface area contributed by atoms with Crippen molar-refractivity contribution >= 4 is 28.5 Å². The standard InChI is InChI=1S/C19H17N3O2/c1-22(2)19(24)15-8-5-7-14(12-15)18(23)21-17-11-10-13-6-3-4-9-16(13)20-17/h3-12H,1-2H3,(H,20,21,23). The zero-order valence-electron chi connectivity index (χ0n) is 13.5. The Balaban J connectivity index is 1.83. The molecule has 0 fully saturated rings. The second-order valence-corrected chi connectivity index (χ2v) is 5.62. The van der Waals surface area contributed by atoms with Crippen LogP contribution in [0, 0.1) is 0 Å². The van der Waals surface area contributed by atoms with Crippen molar-refractivity contribution in [2.45, 2.75) is 0 Å². The van der Waals surface area contributed by atoms with E-state index in [1.807, 2.05) is 30.3 Å². The first-order valence-electron chi connectivity index (χ1n) is 7.53. The number of rotatable bonds is 3. The summed E-state index contributed by atoms with van der Waals surface area (Å²) < 4.78 is 0. The normalized spacial score (nSPS) is 10.4. The lowest BCUT2D eigenvalue weighted by Gasteiger charge is -2.11. The number of nitrogens with one attached hydrogen (secondary N) is 1. The van der Waals surface area contributed by atoms with E-state index in [-0.39, 0.29) is 11.8 Å². The minimum Gasteiger partial charge on any atom is -0.345 e. The number of carbonyl (C=O) groups excluding carboxylic acids is 2. The molecule has 0 bridgehead atoms. The zero-order valence-corrected chi connectivity index (χ0v) is 13.5. The number of aromatic nitrogens is 1. The van der Waals surface area contributed by atoms with Gasteiger partial charge in [0.25, 0.3) is 11.8 Å². The van der Waals surface area contributed by atoms with Crippen LogP contribution in [0.1, 0.15) is 20.7 Å². The first-order valence-corrected chi connectivity index (χ1v) is 7.53. The van der Waals surface area contributed by atoms with Crippen LogP contribution < -0.4 is 5.32 Å². The Labute approximate surface area is 139 Å². The zero-order chi connectivity index (χ0) is 17.1. The molecule has 0 saturated carbocycles. The monoisotopic (exact) mass is 319 g/mol. The number of nitrogens with zero attached hydrogens (tertiary/aromatic N) is 2. The molecule has 5 nitrogen and oxygen atoms in total. The van der Waals surface area contributed by atoms with Crippen molar-refractivity contribution in [3.8, 4) is 0 Å². The minimum atomic E-state index is -0.300. The number of anilines is 1. The summed E-state index contributed by atoms with van der Waals surface area (Å²) in [5, 5.41) is 3.78. The Hall–Kier alpha value is -3.21. The van der Waals surface area contributed by atoms with Crippen molar-refractivity contribution in [2.24, 2.45) is 0 Å². The van der Waals surface area contributed by atoms with Gasteiger partial charge in [-0.1, -0.05) is 24.3 Å². The lowest BCUT2D eigenvalue weighted by Crippen LogP contribution is -2.22. The lowest BCUT2D eigenvalue weighted by molar-refractivity contribution is 0.0827. The Kier molecular flexibility index (Phi) is 4.24. The number of amides is 2. The number of pyridine rings is 1. The molecule has 1 heterocycles. The van der Waals surface area contributed by atoms with Gasteiger partial charge in [-0.25, -0.2) is 4.98 Å². The van der Waals surface area contributed by atoms with E-state index in [9.17, 15) is 9.59 Å². The van der Waals surface area contributed by atoms with Gasteiger partial charge in [-0.05, 0) is 36.4 Å². The third kappa shape index (κ3) is 3.25. The molecule has 120 valence electrons. The van der Waals surface area contributed by atoms with Crippen LogP contribution in [0.4, 0.5) is 5.82 Å². The molecule has 3 aromatic rings. The van der Waals surface area contributed by atoms with Crippen molar-refractivity contribution in [3.63, 3.8) is 0 Å². The highest BCUT2D eigenvalue weighted by atomic mass is 16.2. The molecule has 0 aliphatic heterocycles. The van der Waals surface area contributed by atoms with Gasteiger partial charge < -0.3 is 10.2 Å². The van der Waals surface area contributed by atoms with Gasteiger partial charge in [-0.15, -0.1) is 0 Å². The van der Waals surface area contributed by atoms with E-state index in [1.54, 1.807) is 44.4 Å². The van der Waals surface area contributed by atoms with Crippen LogP contribution in [-0.4, -0.2) is 35.8 Å². The van der Waals surface area contributed by atoms with E-state index in [0.717, 1.165) is 10.9 Å². The summed E-state index contributed by atoms with van der Waals surface area (Å²) in [6, 6.07) is 18.0. The minimum absolute atomic E-state index is 0.145. The molecule has 0 saturated heterocycles.